The Morgan fingerprint density at radius 1 is 1.03 bits per heavy atom. The van der Waals surface area contributed by atoms with Gasteiger partial charge in [0.2, 0.25) is 5.91 Å². The number of likely N-dealkylation sites (tertiary alicyclic amines) is 1. The summed E-state index contributed by atoms with van der Waals surface area (Å²) in [5.74, 6) is -0.230. The van der Waals surface area contributed by atoms with Crippen molar-refractivity contribution in [3.63, 3.8) is 0 Å². The SMILES string of the molecule is O=C1OC2(CCN(C(=O)C3(c4ccc(C5(O)CCC5)cc4)CC3)C2)c2ccncc21. The molecule has 6 heteroatoms. The van der Waals surface area contributed by atoms with Crippen LogP contribution in [0, 0.1) is 0 Å². The molecule has 0 bridgehead atoms. The van der Waals surface area contributed by atoms with Gasteiger partial charge < -0.3 is 14.7 Å². The first-order chi connectivity index (χ1) is 14.5. The highest BCUT2D eigenvalue weighted by Gasteiger charge is 2.57. The van der Waals surface area contributed by atoms with Gasteiger partial charge in [0.15, 0.2) is 5.60 Å². The zero-order chi connectivity index (χ0) is 20.6. The molecule has 4 aliphatic rings. The number of ether oxygens (including phenoxy) is 1. The van der Waals surface area contributed by atoms with E-state index in [0.29, 0.717) is 25.1 Å². The summed E-state index contributed by atoms with van der Waals surface area (Å²) in [6, 6.07) is 9.83. The molecule has 3 heterocycles. The minimum Gasteiger partial charge on any atom is -0.449 e. The number of aromatic nitrogens is 1. The van der Waals surface area contributed by atoms with E-state index in [9.17, 15) is 14.7 Å². The molecule has 2 aromatic rings. The molecule has 1 unspecified atom stereocenters. The summed E-state index contributed by atoms with van der Waals surface area (Å²) in [5, 5.41) is 10.6. The highest BCUT2D eigenvalue weighted by atomic mass is 16.6. The summed E-state index contributed by atoms with van der Waals surface area (Å²) in [6.07, 6.45) is 8.18. The van der Waals surface area contributed by atoms with Crippen molar-refractivity contribution in [3.05, 3.63) is 65.0 Å². The second-order valence-corrected chi connectivity index (χ2v) is 9.33. The van der Waals surface area contributed by atoms with E-state index in [2.05, 4.69) is 4.98 Å². The van der Waals surface area contributed by atoms with Crippen LogP contribution in [-0.4, -0.2) is 40.0 Å². The van der Waals surface area contributed by atoms with Gasteiger partial charge >= 0.3 is 5.97 Å². The molecule has 1 atom stereocenters. The third kappa shape index (κ3) is 2.37. The lowest BCUT2D eigenvalue weighted by molar-refractivity contribution is -0.134. The smallest absolute Gasteiger partial charge is 0.341 e. The first-order valence-electron chi connectivity index (χ1n) is 10.8. The van der Waals surface area contributed by atoms with Crippen molar-refractivity contribution in [2.75, 3.05) is 13.1 Å². The number of carbonyl (C=O) groups is 2. The molecule has 2 saturated carbocycles. The molecule has 0 radical (unpaired) electrons. The fraction of sp³-hybridized carbons (Fsp3) is 0.458. The zero-order valence-corrected chi connectivity index (χ0v) is 16.8. The van der Waals surface area contributed by atoms with Gasteiger partial charge in [0.1, 0.15) is 0 Å². The number of hydrogen-bond donors (Lipinski definition) is 1. The van der Waals surface area contributed by atoms with Crippen molar-refractivity contribution in [1.29, 1.82) is 0 Å². The maximum Gasteiger partial charge on any atom is 0.341 e. The Labute approximate surface area is 174 Å². The standard InChI is InChI=1S/C24H24N2O4/c27-20-18-14-25-12-6-19(18)24(30-20)11-13-26(15-24)21(28)22(9-10-22)16-2-4-17(5-3-16)23(29)7-1-8-23/h2-6,12,14,29H,1,7-11,13,15H2. The molecule has 154 valence electrons. The predicted molar refractivity (Wildman–Crippen MR) is 108 cm³/mol. The van der Waals surface area contributed by atoms with Gasteiger partial charge in [0.05, 0.1) is 23.1 Å². The molecule has 2 aliphatic heterocycles. The Hall–Kier alpha value is -2.73. The average molecular weight is 404 g/mol. The van der Waals surface area contributed by atoms with Gasteiger partial charge in [-0.25, -0.2) is 4.79 Å². The first kappa shape index (κ1) is 18.1. The van der Waals surface area contributed by atoms with Gasteiger partial charge in [0, 0.05) is 30.9 Å². The third-order valence-corrected chi connectivity index (χ3v) is 7.65. The summed E-state index contributed by atoms with van der Waals surface area (Å²) < 4.78 is 5.77. The number of amides is 1. The predicted octanol–water partition coefficient (Wildman–Crippen LogP) is 2.78. The lowest BCUT2D eigenvalue weighted by Gasteiger charge is -2.37. The van der Waals surface area contributed by atoms with E-state index in [4.69, 9.17) is 4.74 Å². The minimum atomic E-state index is -0.738. The summed E-state index contributed by atoms with van der Waals surface area (Å²) >= 11 is 0. The average Bonchev–Trinajstić information content (AvgIpc) is 3.38. The Bertz CT molecular complexity index is 1060. The summed E-state index contributed by atoms with van der Waals surface area (Å²) in [7, 11) is 0. The van der Waals surface area contributed by atoms with E-state index in [1.807, 2.05) is 35.2 Å². The highest BCUT2D eigenvalue weighted by Crippen LogP contribution is 2.52. The molecule has 1 amide bonds. The molecule has 6 rings (SSSR count). The van der Waals surface area contributed by atoms with Crippen LogP contribution >= 0.6 is 0 Å². The maximum absolute atomic E-state index is 13.5. The van der Waals surface area contributed by atoms with Gasteiger partial charge in [0.25, 0.3) is 0 Å². The van der Waals surface area contributed by atoms with E-state index >= 15 is 0 Å². The molecule has 3 fully saturated rings. The Kier molecular flexibility index (Phi) is 3.56. The number of aliphatic hydroxyl groups is 1. The Balaban J connectivity index is 1.24. The molecule has 1 aromatic carbocycles. The molecule has 30 heavy (non-hydrogen) atoms. The van der Waals surface area contributed by atoms with E-state index in [1.54, 1.807) is 12.4 Å². The van der Waals surface area contributed by atoms with Crippen molar-refractivity contribution in [1.82, 2.24) is 9.88 Å². The first-order valence-corrected chi connectivity index (χ1v) is 10.8. The van der Waals surface area contributed by atoms with E-state index < -0.39 is 16.6 Å². The Morgan fingerprint density at radius 2 is 1.77 bits per heavy atom. The lowest BCUT2D eigenvalue weighted by atomic mass is 9.75. The van der Waals surface area contributed by atoms with Crippen LogP contribution in [0.3, 0.4) is 0 Å². The van der Waals surface area contributed by atoms with E-state index in [0.717, 1.165) is 48.8 Å². The van der Waals surface area contributed by atoms with Crippen LogP contribution < -0.4 is 0 Å². The van der Waals surface area contributed by atoms with Crippen molar-refractivity contribution < 1.29 is 19.4 Å². The monoisotopic (exact) mass is 404 g/mol. The molecule has 6 nitrogen and oxygen atoms in total. The van der Waals surface area contributed by atoms with Gasteiger partial charge in [-0.15, -0.1) is 0 Å². The van der Waals surface area contributed by atoms with Gasteiger partial charge in [-0.2, -0.15) is 0 Å². The summed E-state index contributed by atoms with van der Waals surface area (Å²) in [6.45, 7) is 0.974. The zero-order valence-electron chi connectivity index (χ0n) is 16.8. The topological polar surface area (TPSA) is 79.7 Å². The largest absolute Gasteiger partial charge is 0.449 e. The highest BCUT2D eigenvalue weighted by molar-refractivity contribution is 5.95. The van der Waals surface area contributed by atoms with Crippen molar-refractivity contribution in [2.24, 2.45) is 0 Å². The van der Waals surface area contributed by atoms with Crippen LogP contribution in [0.2, 0.25) is 0 Å². The molecule has 1 saturated heterocycles. The molecule has 2 aliphatic carbocycles. The third-order valence-electron chi connectivity index (χ3n) is 7.65. The number of pyridine rings is 1. The minimum absolute atomic E-state index is 0.119. The molecule has 1 aromatic heterocycles. The van der Waals surface area contributed by atoms with Crippen molar-refractivity contribution in [2.45, 2.75) is 55.1 Å². The fourth-order valence-electron chi connectivity index (χ4n) is 5.45. The normalized spacial score (nSPS) is 27.5. The lowest BCUT2D eigenvalue weighted by Crippen LogP contribution is -2.40. The number of nitrogens with zero attached hydrogens (tertiary/aromatic N) is 2. The quantitative estimate of drug-likeness (QED) is 0.796. The van der Waals surface area contributed by atoms with Crippen molar-refractivity contribution in [3.8, 4) is 0 Å². The van der Waals surface area contributed by atoms with Crippen LogP contribution in [0.25, 0.3) is 0 Å². The number of rotatable bonds is 3. The second-order valence-electron chi connectivity index (χ2n) is 9.33. The summed E-state index contributed by atoms with van der Waals surface area (Å²) in [5.41, 5.74) is 1.43. The fourth-order valence-corrected chi connectivity index (χ4v) is 5.45. The van der Waals surface area contributed by atoms with Gasteiger partial charge in [-0.3, -0.25) is 9.78 Å². The van der Waals surface area contributed by atoms with Crippen molar-refractivity contribution >= 4 is 11.9 Å². The van der Waals surface area contributed by atoms with Crippen LogP contribution in [-0.2, 0) is 26.1 Å². The molecule has 1 N–H and O–H groups in total. The van der Waals surface area contributed by atoms with Crippen LogP contribution in [0.15, 0.2) is 42.7 Å². The van der Waals surface area contributed by atoms with Gasteiger partial charge in [-0.05, 0) is 49.3 Å². The maximum atomic E-state index is 13.5. The number of fused-ring (bicyclic) bond motifs is 2. The number of hydrogen-bond acceptors (Lipinski definition) is 5. The van der Waals surface area contributed by atoms with Crippen LogP contribution in [0.4, 0.5) is 0 Å². The van der Waals surface area contributed by atoms with Crippen LogP contribution in [0.1, 0.15) is 65.6 Å². The van der Waals surface area contributed by atoms with E-state index in [-0.39, 0.29) is 11.9 Å². The number of benzene rings is 1. The second kappa shape index (κ2) is 5.91. The van der Waals surface area contributed by atoms with Crippen LogP contribution in [0.5, 0.6) is 0 Å². The summed E-state index contributed by atoms with van der Waals surface area (Å²) in [4.78, 5) is 31.7. The van der Waals surface area contributed by atoms with E-state index in [1.165, 1.54) is 0 Å². The number of carbonyl (C=O) groups excluding carboxylic acids is 2. The molecular weight excluding hydrogens is 380 g/mol. The van der Waals surface area contributed by atoms with Gasteiger partial charge in [-0.1, -0.05) is 24.3 Å². The molecular formula is C24H24N2O4. The number of esters is 1. The molecule has 1 spiro atoms. The Morgan fingerprint density at radius 3 is 2.43 bits per heavy atom.